The normalized spacial score (nSPS) is 10.7. The Morgan fingerprint density at radius 3 is 2.67 bits per heavy atom. The first-order chi connectivity index (χ1) is 11.4. The first-order valence-corrected chi connectivity index (χ1v) is 8.19. The number of nitro benzene ring substituents is 1. The maximum absolute atomic E-state index is 12.1. The lowest BCUT2D eigenvalue weighted by atomic mass is 10.2. The fraction of sp³-hybridized carbons (Fsp3) is 0.188. The van der Waals surface area contributed by atoms with E-state index in [0.29, 0.717) is 21.7 Å². The van der Waals surface area contributed by atoms with Gasteiger partial charge in [0.2, 0.25) is 5.91 Å². The summed E-state index contributed by atoms with van der Waals surface area (Å²) in [4.78, 5) is 24.2. The van der Waals surface area contributed by atoms with Crippen molar-refractivity contribution in [3.05, 3.63) is 67.6 Å². The fourth-order valence-electron chi connectivity index (χ4n) is 2.13. The van der Waals surface area contributed by atoms with Crippen LogP contribution in [0.3, 0.4) is 0 Å². The van der Waals surface area contributed by atoms with E-state index >= 15 is 0 Å². The van der Waals surface area contributed by atoms with E-state index in [9.17, 15) is 14.9 Å². The van der Waals surface area contributed by atoms with Crippen molar-refractivity contribution < 1.29 is 9.72 Å². The molecule has 24 heavy (non-hydrogen) atoms. The van der Waals surface area contributed by atoms with Crippen LogP contribution in [0, 0.1) is 10.1 Å². The third-order valence-electron chi connectivity index (χ3n) is 3.25. The third-order valence-corrected chi connectivity index (χ3v) is 4.27. The highest BCUT2D eigenvalue weighted by molar-refractivity contribution is 9.10. The van der Waals surface area contributed by atoms with Crippen molar-refractivity contribution in [1.82, 2.24) is 4.90 Å². The van der Waals surface area contributed by atoms with Crippen molar-refractivity contribution in [2.24, 2.45) is 0 Å². The molecule has 0 radical (unpaired) electrons. The first kappa shape index (κ1) is 18.4. The van der Waals surface area contributed by atoms with Gasteiger partial charge in [-0.2, -0.15) is 0 Å². The van der Waals surface area contributed by atoms with Gasteiger partial charge in [-0.3, -0.25) is 19.8 Å². The van der Waals surface area contributed by atoms with E-state index in [1.54, 1.807) is 6.07 Å². The molecule has 0 unspecified atom stereocenters. The van der Waals surface area contributed by atoms with Crippen LogP contribution in [0.5, 0.6) is 0 Å². The zero-order valence-electron chi connectivity index (χ0n) is 12.8. The number of amides is 1. The number of nitrogens with zero attached hydrogens (tertiary/aromatic N) is 2. The van der Waals surface area contributed by atoms with Gasteiger partial charge in [0, 0.05) is 28.2 Å². The molecule has 0 saturated heterocycles. The molecule has 0 heterocycles. The Hall–Kier alpha value is -1.96. The summed E-state index contributed by atoms with van der Waals surface area (Å²) in [6, 6.07) is 11.6. The molecule has 0 saturated carbocycles. The molecular weight excluding hydrogens is 398 g/mol. The van der Waals surface area contributed by atoms with Crippen LogP contribution >= 0.6 is 27.5 Å². The number of anilines is 1. The molecule has 0 spiro atoms. The predicted molar refractivity (Wildman–Crippen MR) is 97.2 cm³/mol. The van der Waals surface area contributed by atoms with Gasteiger partial charge in [-0.15, -0.1) is 0 Å². The maximum Gasteiger partial charge on any atom is 0.270 e. The summed E-state index contributed by atoms with van der Waals surface area (Å²) in [5.41, 5.74) is 1.37. The number of halogens is 2. The molecule has 8 heteroatoms. The van der Waals surface area contributed by atoms with Crippen LogP contribution in [0.4, 0.5) is 11.4 Å². The van der Waals surface area contributed by atoms with Crippen molar-refractivity contribution in [2.45, 2.75) is 6.54 Å². The molecule has 0 aliphatic heterocycles. The molecule has 0 aliphatic rings. The van der Waals surface area contributed by atoms with Gasteiger partial charge in [0.15, 0.2) is 0 Å². The van der Waals surface area contributed by atoms with E-state index in [4.69, 9.17) is 11.6 Å². The zero-order valence-corrected chi connectivity index (χ0v) is 15.2. The Balaban J connectivity index is 1.95. The van der Waals surface area contributed by atoms with Crippen LogP contribution in [0.2, 0.25) is 5.02 Å². The molecule has 2 aromatic rings. The average Bonchev–Trinajstić information content (AvgIpc) is 2.51. The largest absolute Gasteiger partial charge is 0.324 e. The van der Waals surface area contributed by atoms with Gasteiger partial charge < -0.3 is 5.32 Å². The second-order valence-electron chi connectivity index (χ2n) is 5.23. The summed E-state index contributed by atoms with van der Waals surface area (Å²) in [5.74, 6) is -0.223. The number of nitro groups is 1. The Bertz CT molecular complexity index is 770. The number of carbonyl (C=O) groups excluding carboxylic acids is 1. The molecule has 0 aromatic heterocycles. The molecule has 126 valence electrons. The molecule has 0 fully saturated rings. The lowest BCUT2D eigenvalue weighted by molar-refractivity contribution is -0.384. The minimum atomic E-state index is -0.492. The minimum Gasteiger partial charge on any atom is -0.324 e. The molecule has 0 bridgehead atoms. The maximum atomic E-state index is 12.1. The smallest absolute Gasteiger partial charge is 0.270 e. The van der Waals surface area contributed by atoms with Gasteiger partial charge in [-0.1, -0.05) is 29.8 Å². The molecule has 2 rings (SSSR count). The summed E-state index contributed by atoms with van der Waals surface area (Å²) in [6.07, 6.45) is 0. The second-order valence-corrected chi connectivity index (χ2v) is 6.49. The fourth-order valence-corrected chi connectivity index (χ4v) is 2.79. The van der Waals surface area contributed by atoms with E-state index in [0.717, 1.165) is 5.56 Å². The van der Waals surface area contributed by atoms with Gasteiger partial charge >= 0.3 is 0 Å². The monoisotopic (exact) mass is 411 g/mol. The number of hydrogen-bond donors (Lipinski definition) is 1. The Kier molecular flexibility index (Phi) is 6.30. The number of nitrogens with one attached hydrogen (secondary N) is 1. The van der Waals surface area contributed by atoms with E-state index in [-0.39, 0.29) is 18.1 Å². The van der Waals surface area contributed by atoms with Crippen LogP contribution in [0.15, 0.2) is 46.9 Å². The van der Waals surface area contributed by atoms with E-state index in [1.165, 1.54) is 18.2 Å². The van der Waals surface area contributed by atoms with Crippen LogP contribution < -0.4 is 5.32 Å². The molecule has 1 amide bonds. The van der Waals surface area contributed by atoms with Gasteiger partial charge in [-0.05, 0) is 40.7 Å². The standard InChI is InChI=1S/C16H15BrClN3O3/c1-20(9-11-4-2-3-5-14(11)18)10-16(22)19-15-7-6-12(21(23)24)8-13(15)17/h2-8H,9-10H2,1H3,(H,19,22). The number of benzene rings is 2. The van der Waals surface area contributed by atoms with Crippen molar-refractivity contribution in [1.29, 1.82) is 0 Å². The lowest BCUT2D eigenvalue weighted by Gasteiger charge is -2.17. The second kappa shape index (κ2) is 8.23. The molecule has 0 aliphatic carbocycles. The highest BCUT2D eigenvalue weighted by Gasteiger charge is 2.13. The van der Waals surface area contributed by atoms with Crippen molar-refractivity contribution in [3.8, 4) is 0 Å². The number of rotatable bonds is 6. The predicted octanol–water partition coefficient (Wildman–Crippen LogP) is 4.08. The quantitative estimate of drug-likeness (QED) is 0.573. The topological polar surface area (TPSA) is 75.5 Å². The highest BCUT2D eigenvalue weighted by atomic mass is 79.9. The summed E-state index contributed by atoms with van der Waals surface area (Å²) in [6.45, 7) is 0.698. The van der Waals surface area contributed by atoms with Gasteiger partial charge in [0.05, 0.1) is 17.2 Å². The van der Waals surface area contributed by atoms with Gasteiger partial charge in [-0.25, -0.2) is 0 Å². The summed E-state index contributed by atoms with van der Waals surface area (Å²) in [5, 5.41) is 14.1. The molecule has 2 aromatic carbocycles. The molecule has 0 atom stereocenters. The van der Waals surface area contributed by atoms with Crippen molar-refractivity contribution in [2.75, 3.05) is 18.9 Å². The van der Waals surface area contributed by atoms with E-state index in [1.807, 2.05) is 30.1 Å². The van der Waals surface area contributed by atoms with Crippen LogP contribution in [0.25, 0.3) is 0 Å². The van der Waals surface area contributed by atoms with Gasteiger partial charge in [0.1, 0.15) is 0 Å². The average molecular weight is 413 g/mol. The Morgan fingerprint density at radius 1 is 1.33 bits per heavy atom. The number of likely N-dealkylation sites (N-methyl/N-ethyl adjacent to an activating group) is 1. The first-order valence-electron chi connectivity index (χ1n) is 7.02. The summed E-state index contributed by atoms with van der Waals surface area (Å²) < 4.78 is 0.457. The third kappa shape index (κ3) is 5.02. The Morgan fingerprint density at radius 2 is 2.04 bits per heavy atom. The summed E-state index contributed by atoms with van der Waals surface area (Å²) in [7, 11) is 1.81. The molecule has 1 N–H and O–H groups in total. The van der Waals surface area contributed by atoms with Crippen LogP contribution in [-0.4, -0.2) is 29.3 Å². The minimum absolute atomic E-state index is 0.0456. The summed E-state index contributed by atoms with van der Waals surface area (Å²) >= 11 is 9.33. The van der Waals surface area contributed by atoms with Crippen LogP contribution in [-0.2, 0) is 11.3 Å². The lowest BCUT2D eigenvalue weighted by Crippen LogP contribution is -2.30. The van der Waals surface area contributed by atoms with E-state index in [2.05, 4.69) is 21.2 Å². The van der Waals surface area contributed by atoms with Crippen molar-refractivity contribution in [3.63, 3.8) is 0 Å². The van der Waals surface area contributed by atoms with Crippen LogP contribution in [0.1, 0.15) is 5.56 Å². The molecule has 6 nitrogen and oxygen atoms in total. The number of hydrogen-bond acceptors (Lipinski definition) is 4. The number of non-ortho nitro benzene ring substituents is 1. The zero-order chi connectivity index (χ0) is 17.7. The van der Waals surface area contributed by atoms with Crippen molar-refractivity contribution >= 4 is 44.8 Å². The molecular formula is C16H15BrClN3O3. The SMILES string of the molecule is CN(CC(=O)Nc1ccc([N+](=O)[O-])cc1Br)Cc1ccccc1Cl. The van der Waals surface area contributed by atoms with E-state index < -0.39 is 4.92 Å². The number of carbonyl (C=O) groups is 1. The van der Waals surface area contributed by atoms with Gasteiger partial charge in [0.25, 0.3) is 5.69 Å². The highest BCUT2D eigenvalue weighted by Crippen LogP contribution is 2.27. The Labute approximate surface area is 152 Å².